The van der Waals surface area contributed by atoms with E-state index in [1.54, 1.807) is 16.8 Å². The van der Waals surface area contributed by atoms with Crippen LogP contribution in [0.4, 0.5) is 11.4 Å². The molecule has 33 heavy (non-hydrogen) atoms. The molecule has 172 valence electrons. The van der Waals surface area contributed by atoms with Gasteiger partial charge in [0.2, 0.25) is 5.69 Å². The highest BCUT2D eigenvalue weighted by atomic mass is 15.2. The molecule has 0 saturated heterocycles. The Labute approximate surface area is 200 Å². The van der Waals surface area contributed by atoms with Crippen molar-refractivity contribution in [3.05, 3.63) is 64.7 Å². The summed E-state index contributed by atoms with van der Waals surface area (Å²) in [4.78, 5) is 2.67. The molecule has 0 bridgehead atoms. The summed E-state index contributed by atoms with van der Waals surface area (Å²) in [5.74, 6) is 0.747. The molecule has 2 atom stereocenters. The Bertz CT molecular complexity index is 1130. The predicted molar refractivity (Wildman–Crippen MR) is 140 cm³/mol. The number of allylic oxidation sites excluding steroid dienone is 1. The molecule has 0 amide bonds. The summed E-state index contributed by atoms with van der Waals surface area (Å²) in [5, 5.41) is 0. The predicted octanol–water partition coefficient (Wildman–Crippen LogP) is 7.50. The van der Waals surface area contributed by atoms with E-state index in [0.29, 0.717) is 0 Å². The average molecular weight is 440 g/mol. The molecule has 6 rings (SSSR count). The van der Waals surface area contributed by atoms with Crippen LogP contribution in [0.2, 0.25) is 0 Å². The van der Waals surface area contributed by atoms with E-state index >= 15 is 0 Å². The van der Waals surface area contributed by atoms with E-state index in [2.05, 4.69) is 78.8 Å². The molecule has 4 aliphatic rings. The zero-order chi connectivity index (χ0) is 22.6. The minimum atomic E-state index is 0.207. The monoisotopic (exact) mass is 439 g/mol. The summed E-state index contributed by atoms with van der Waals surface area (Å²) in [5.41, 5.74) is 10.7. The van der Waals surface area contributed by atoms with Crippen LogP contribution < -0.4 is 4.90 Å². The molecule has 2 nitrogen and oxygen atoms in total. The van der Waals surface area contributed by atoms with Crippen LogP contribution in [-0.4, -0.2) is 29.4 Å². The van der Waals surface area contributed by atoms with Crippen LogP contribution in [0.5, 0.6) is 0 Å². The van der Waals surface area contributed by atoms with Gasteiger partial charge in [0.25, 0.3) is 0 Å². The van der Waals surface area contributed by atoms with Crippen LogP contribution in [0.3, 0.4) is 0 Å². The number of anilines is 1. The number of benzene rings is 2. The van der Waals surface area contributed by atoms with Crippen LogP contribution in [0.15, 0.2) is 42.5 Å². The number of hydrogen-bond acceptors (Lipinski definition) is 1. The Balaban J connectivity index is 1.40. The third kappa shape index (κ3) is 3.16. The fourth-order valence-electron chi connectivity index (χ4n) is 7.74. The van der Waals surface area contributed by atoms with Gasteiger partial charge in [0.05, 0.1) is 5.41 Å². The van der Waals surface area contributed by atoms with Crippen molar-refractivity contribution in [1.29, 1.82) is 0 Å². The molecule has 2 aromatic carbocycles. The molecule has 2 heteroatoms. The van der Waals surface area contributed by atoms with Gasteiger partial charge in [-0.1, -0.05) is 43.4 Å². The van der Waals surface area contributed by atoms with Crippen LogP contribution in [-0.2, 0) is 5.41 Å². The Kier molecular flexibility index (Phi) is 5.24. The molecule has 2 aliphatic heterocycles. The summed E-state index contributed by atoms with van der Waals surface area (Å²) in [6.45, 7) is 9.05. The molecule has 0 N–H and O–H groups in total. The number of fused-ring (bicyclic) bond motifs is 5. The van der Waals surface area contributed by atoms with E-state index in [9.17, 15) is 0 Å². The van der Waals surface area contributed by atoms with Gasteiger partial charge >= 0.3 is 0 Å². The molecule has 0 aromatic heterocycles. The van der Waals surface area contributed by atoms with Crippen LogP contribution in [0.25, 0.3) is 6.08 Å². The number of nitrogens with zero attached hydrogens (tertiary/aromatic N) is 2. The van der Waals surface area contributed by atoms with Crippen LogP contribution in [0.1, 0.15) is 93.4 Å². The van der Waals surface area contributed by atoms with Crippen molar-refractivity contribution >= 4 is 23.2 Å². The van der Waals surface area contributed by atoms with Crippen molar-refractivity contribution in [1.82, 2.24) is 0 Å². The zero-order valence-corrected chi connectivity index (χ0v) is 20.7. The first-order valence-corrected chi connectivity index (χ1v) is 13.5. The van der Waals surface area contributed by atoms with E-state index in [1.165, 1.54) is 73.9 Å². The summed E-state index contributed by atoms with van der Waals surface area (Å²) in [6.07, 6.45) is 15.7. The molecule has 2 unspecified atom stereocenters. The Hall–Kier alpha value is -2.35. The van der Waals surface area contributed by atoms with Crippen molar-refractivity contribution in [3.8, 4) is 0 Å². The van der Waals surface area contributed by atoms with Gasteiger partial charge < -0.3 is 4.90 Å². The van der Waals surface area contributed by atoms with Gasteiger partial charge in [-0.2, -0.15) is 4.58 Å². The second kappa shape index (κ2) is 8.15. The maximum absolute atomic E-state index is 2.67. The minimum Gasteiger partial charge on any atom is -0.368 e. The summed E-state index contributed by atoms with van der Waals surface area (Å²) >= 11 is 0. The van der Waals surface area contributed by atoms with E-state index in [0.717, 1.165) is 25.0 Å². The SMILES string of the molecule is CCN1c2ccc(/C=C/C3=[N+](CC)c4ccc(C)cc4C34CCCCC4)cc2C2CCCC21. The molecule has 1 spiro atoms. The Morgan fingerprint density at radius 2 is 1.82 bits per heavy atom. The molecule has 2 aliphatic carbocycles. The lowest BCUT2D eigenvalue weighted by Gasteiger charge is -2.31. The van der Waals surface area contributed by atoms with Gasteiger partial charge in [0.15, 0.2) is 5.71 Å². The lowest BCUT2D eigenvalue weighted by molar-refractivity contribution is -0.433. The molecule has 2 fully saturated rings. The lowest BCUT2D eigenvalue weighted by atomic mass is 9.67. The van der Waals surface area contributed by atoms with Crippen LogP contribution >= 0.6 is 0 Å². The smallest absolute Gasteiger partial charge is 0.209 e. The highest BCUT2D eigenvalue weighted by Gasteiger charge is 2.51. The zero-order valence-electron chi connectivity index (χ0n) is 20.7. The first kappa shape index (κ1) is 21.2. The van der Waals surface area contributed by atoms with Crippen molar-refractivity contribution in [2.75, 3.05) is 18.0 Å². The van der Waals surface area contributed by atoms with Gasteiger partial charge in [0, 0.05) is 41.9 Å². The number of likely N-dealkylation sites (N-methyl/N-ethyl adjacent to an activating group) is 1. The summed E-state index contributed by atoms with van der Waals surface area (Å²) in [7, 11) is 0. The summed E-state index contributed by atoms with van der Waals surface area (Å²) in [6, 6.07) is 15.2. The molecule has 2 saturated carbocycles. The fourth-order valence-corrected chi connectivity index (χ4v) is 7.74. The van der Waals surface area contributed by atoms with Crippen molar-refractivity contribution < 1.29 is 4.58 Å². The van der Waals surface area contributed by atoms with Crippen molar-refractivity contribution in [3.63, 3.8) is 0 Å². The fraction of sp³-hybridized carbons (Fsp3) is 0.516. The maximum atomic E-state index is 2.67. The standard InChI is InChI=1S/C31H39N2/c1-4-32-27-11-9-10-24(27)25-21-23(13-16-28(25)32)14-17-30-31(18-7-6-8-19-31)26-20-22(3)12-15-29(26)33(30)5-2/h12-17,20-21,24,27H,4-11,18-19H2,1-3H3/q+1. The van der Waals surface area contributed by atoms with E-state index in [-0.39, 0.29) is 5.41 Å². The lowest BCUT2D eigenvalue weighted by Crippen LogP contribution is -2.36. The maximum Gasteiger partial charge on any atom is 0.209 e. The van der Waals surface area contributed by atoms with Gasteiger partial charge in [0.1, 0.15) is 6.54 Å². The quantitative estimate of drug-likeness (QED) is 0.447. The molecule has 0 radical (unpaired) electrons. The average Bonchev–Trinajstić information content (AvgIpc) is 3.49. The molecular formula is C31H39N2+. The van der Waals surface area contributed by atoms with Gasteiger partial charge in [-0.25, -0.2) is 0 Å². The Morgan fingerprint density at radius 3 is 2.61 bits per heavy atom. The van der Waals surface area contributed by atoms with Gasteiger partial charge in [-0.3, -0.25) is 0 Å². The summed E-state index contributed by atoms with van der Waals surface area (Å²) < 4.78 is 2.61. The number of rotatable bonds is 4. The molecular weight excluding hydrogens is 400 g/mol. The van der Waals surface area contributed by atoms with Crippen molar-refractivity contribution in [2.24, 2.45) is 0 Å². The molecule has 2 aromatic rings. The number of hydrogen-bond donors (Lipinski definition) is 0. The topological polar surface area (TPSA) is 6.25 Å². The van der Waals surface area contributed by atoms with Gasteiger partial charge in [-0.05, 0) is 81.9 Å². The third-order valence-corrected chi connectivity index (χ3v) is 9.18. The second-order valence-electron chi connectivity index (χ2n) is 10.8. The van der Waals surface area contributed by atoms with Gasteiger partial charge in [-0.15, -0.1) is 0 Å². The van der Waals surface area contributed by atoms with E-state index < -0.39 is 0 Å². The third-order valence-electron chi connectivity index (χ3n) is 9.18. The minimum absolute atomic E-state index is 0.207. The van der Waals surface area contributed by atoms with Crippen LogP contribution in [0, 0.1) is 6.92 Å². The van der Waals surface area contributed by atoms with Crippen molar-refractivity contribution in [2.45, 2.75) is 89.5 Å². The first-order chi connectivity index (χ1) is 16.2. The Morgan fingerprint density at radius 1 is 0.970 bits per heavy atom. The highest BCUT2D eigenvalue weighted by Crippen LogP contribution is 2.51. The number of aryl methyl sites for hydroxylation is 1. The highest BCUT2D eigenvalue weighted by molar-refractivity contribution is 6.06. The van der Waals surface area contributed by atoms with E-state index in [4.69, 9.17) is 0 Å². The largest absolute Gasteiger partial charge is 0.368 e. The van der Waals surface area contributed by atoms with E-state index in [1.807, 2.05) is 0 Å². The second-order valence-corrected chi connectivity index (χ2v) is 10.8. The molecule has 2 heterocycles. The first-order valence-electron chi connectivity index (χ1n) is 13.5. The normalized spacial score (nSPS) is 25.2.